The molecule has 0 amide bonds. The Morgan fingerprint density at radius 1 is 0.536 bits per heavy atom. The Morgan fingerprint density at radius 3 is 1.07 bits per heavy atom. The van der Waals surface area contributed by atoms with Crippen molar-refractivity contribution in [3.63, 3.8) is 0 Å². The van der Waals surface area contributed by atoms with Crippen LogP contribution in [0.2, 0.25) is 0 Å². The lowest BCUT2D eigenvalue weighted by Gasteiger charge is -2.64. The lowest BCUT2D eigenvalue weighted by Crippen LogP contribution is -2.67. The van der Waals surface area contributed by atoms with Crippen molar-refractivity contribution >= 4 is 0 Å². The molecule has 8 bridgehead atoms. The molecular weight excluding hydrogens is 340 g/mol. The van der Waals surface area contributed by atoms with Crippen molar-refractivity contribution in [2.24, 2.45) is 41.4 Å². The van der Waals surface area contributed by atoms with E-state index in [0.717, 1.165) is 47.6 Å². The second kappa shape index (κ2) is 5.78. The predicted molar refractivity (Wildman–Crippen MR) is 114 cm³/mol. The molecule has 0 N–H and O–H groups in total. The van der Waals surface area contributed by atoms with Gasteiger partial charge in [0.05, 0.1) is 6.17 Å². The van der Waals surface area contributed by atoms with Crippen LogP contribution in [-0.4, -0.2) is 40.1 Å². The maximum Gasteiger partial charge on any atom is 0.0656 e. The van der Waals surface area contributed by atoms with E-state index in [1.807, 2.05) is 0 Å². The summed E-state index contributed by atoms with van der Waals surface area (Å²) in [7, 11) is 0. The van der Waals surface area contributed by atoms with Crippen LogP contribution in [0.1, 0.15) is 90.9 Å². The number of rotatable bonds is 3. The van der Waals surface area contributed by atoms with Crippen LogP contribution < -0.4 is 0 Å². The third-order valence-electron chi connectivity index (χ3n) is 11.0. The lowest BCUT2D eigenvalue weighted by molar-refractivity contribution is -0.149. The minimum absolute atomic E-state index is 0.598. The zero-order chi connectivity index (χ0) is 18.7. The van der Waals surface area contributed by atoms with Crippen LogP contribution in [0.3, 0.4) is 0 Å². The molecule has 0 atom stereocenters. The van der Waals surface area contributed by atoms with E-state index >= 15 is 0 Å². The van der Waals surface area contributed by atoms with Gasteiger partial charge in [0.15, 0.2) is 0 Å². The van der Waals surface area contributed by atoms with Crippen molar-refractivity contribution in [2.75, 3.05) is 13.1 Å². The van der Waals surface area contributed by atoms with E-state index in [-0.39, 0.29) is 0 Å². The Morgan fingerprint density at radius 2 is 0.821 bits per heavy atom. The predicted octanol–water partition coefficient (Wildman–Crippen LogP) is 5.52. The molecule has 1 aliphatic heterocycles. The van der Waals surface area contributed by atoms with E-state index in [0.29, 0.717) is 11.1 Å². The second-order valence-corrected chi connectivity index (χ2v) is 13.3. The number of nitrogens with zero attached hydrogens (tertiary/aromatic N) is 2. The summed E-state index contributed by atoms with van der Waals surface area (Å²) < 4.78 is 0. The van der Waals surface area contributed by atoms with E-state index in [2.05, 4.69) is 23.6 Å². The largest absolute Gasteiger partial charge is 0.281 e. The summed E-state index contributed by atoms with van der Waals surface area (Å²) in [4.78, 5) is 6.31. The molecule has 0 unspecified atom stereocenters. The molecule has 8 aliphatic carbocycles. The van der Waals surface area contributed by atoms with E-state index < -0.39 is 0 Å². The molecule has 8 saturated carbocycles. The van der Waals surface area contributed by atoms with Gasteiger partial charge in [0, 0.05) is 24.2 Å². The van der Waals surface area contributed by atoms with E-state index in [1.54, 1.807) is 77.0 Å². The second-order valence-electron chi connectivity index (χ2n) is 13.3. The molecule has 2 nitrogen and oxygen atoms in total. The zero-order valence-electron chi connectivity index (χ0n) is 18.4. The summed E-state index contributed by atoms with van der Waals surface area (Å²) >= 11 is 0. The Hall–Kier alpha value is -0.0800. The van der Waals surface area contributed by atoms with Crippen LogP contribution >= 0.6 is 0 Å². The summed E-state index contributed by atoms with van der Waals surface area (Å²) in [6.45, 7) is 7.88. The minimum Gasteiger partial charge on any atom is -0.281 e. The van der Waals surface area contributed by atoms with Gasteiger partial charge in [0.25, 0.3) is 0 Å². The van der Waals surface area contributed by atoms with Gasteiger partial charge in [0.2, 0.25) is 0 Å². The summed E-state index contributed by atoms with van der Waals surface area (Å²) in [5.41, 5.74) is 1.20. The fraction of sp³-hybridized carbons (Fsp3) is 1.00. The van der Waals surface area contributed by atoms with Gasteiger partial charge in [-0.1, -0.05) is 13.8 Å². The Labute approximate surface area is 172 Å². The molecule has 9 rings (SSSR count). The molecule has 0 aromatic heterocycles. The summed E-state index contributed by atoms with van der Waals surface area (Å²) in [5.74, 6) is 7.24. The summed E-state index contributed by atoms with van der Waals surface area (Å²) in [5, 5.41) is 0. The fourth-order valence-electron chi connectivity index (χ4n) is 11.2. The van der Waals surface area contributed by atoms with Gasteiger partial charge >= 0.3 is 0 Å². The highest BCUT2D eigenvalue weighted by Crippen LogP contribution is 2.62. The van der Waals surface area contributed by atoms with E-state index in [1.165, 1.54) is 13.1 Å². The zero-order valence-corrected chi connectivity index (χ0v) is 18.4. The van der Waals surface area contributed by atoms with Crippen molar-refractivity contribution < 1.29 is 0 Å². The Kier molecular flexibility index (Phi) is 3.63. The van der Waals surface area contributed by atoms with Crippen molar-refractivity contribution in [3.8, 4) is 0 Å². The molecule has 0 spiro atoms. The number of hydrogen-bond donors (Lipinski definition) is 0. The van der Waals surface area contributed by atoms with Crippen LogP contribution in [0.25, 0.3) is 0 Å². The van der Waals surface area contributed by atoms with E-state index in [9.17, 15) is 0 Å². The Bertz CT molecular complexity index is 528. The molecular formula is C26H42N2. The van der Waals surface area contributed by atoms with Crippen molar-refractivity contribution in [2.45, 2.75) is 108 Å². The molecule has 0 radical (unpaired) electrons. The topological polar surface area (TPSA) is 6.48 Å². The SMILES string of the molecule is CC(C)C1N(C23CC4CC(CC(C4)C2)C3)CCN1C12CC3CC(CC(C3)C1)C2. The van der Waals surface area contributed by atoms with Gasteiger partial charge in [-0.15, -0.1) is 0 Å². The van der Waals surface area contributed by atoms with Crippen LogP contribution in [0, 0.1) is 41.4 Å². The first-order valence-corrected chi connectivity index (χ1v) is 13.1. The molecule has 1 heterocycles. The molecule has 0 aromatic rings. The first-order valence-electron chi connectivity index (χ1n) is 13.1. The van der Waals surface area contributed by atoms with Gasteiger partial charge in [-0.2, -0.15) is 0 Å². The smallest absolute Gasteiger partial charge is 0.0656 e. The average molecular weight is 383 g/mol. The molecule has 9 fully saturated rings. The van der Waals surface area contributed by atoms with Gasteiger partial charge in [-0.05, 0) is 118 Å². The fourth-order valence-corrected chi connectivity index (χ4v) is 11.2. The molecule has 156 valence electrons. The van der Waals surface area contributed by atoms with Gasteiger partial charge in [-0.25, -0.2) is 0 Å². The van der Waals surface area contributed by atoms with Crippen molar-refractivity contribution in [3.05, 3.63) is 0 Å². The lowest BCUT2D eigenvalue weighted by atomic mass is 9.52. The maximum atomic E-state index is 3.15. The molecule has 9 aliphatic rings. The first kappa shape index (κ1) is 17.6. The summed E-state index contributed by atoms with van der Waals surface area (Å²) in [6.07, 6.45) is 19.5. The van der Waals surface area contributed by atoms with Gasteiger partial charge in [-0.3, -0.25) is 9.80 Å². The standard InChI is InChI=1S/C26H42N2/c1-17(2)24-27(25-11-18-5-19(12-25)7-20(6-18)13-25)3-4-28(24)26-14-21-8-22(15-26)10-23(9-21)16-26/h17-24H,3-16H2,1-2H3. The average Bonchev–Trinajstić information content (AvgIpc) is 3.06. The van der Waals surface area contributed by atoms with Crippen molar-refractivity contribution in [1.29, 1.82) is 0 Å². The Balaban J connectivity index is 1.22. The molecule has 0 aromatic carbocycles. The maximum absolute atomic E-state index is 3.15. The van der Waals surface area contributed by atoms with Crippen LogP contribution in [0.5, 0.6) is 0 Å². The highest BCUT2D eigenvalue weighted by Gasteiger charge is 2.61. The highest BCUT2D eigenvalue weighted by molar-refractivity contribution is 5.14. The third kappa shape index (κ3) is 2.34. The van der Waals surface area contributed by atoms with Crippen molar-refractivity contribution in [1.82, 2.24) is 9.80 Å². The number of hydrogen-bond acceptors (Lipinski definition) is 2. The normalized spacial score (nSPS) is 57.8. The minimum atomic E-state index is 0.598. The highest BCUT2D eigenvalue weighted by atomic mass is 15.5. The van der Waals surface area contributed by atoms with Gasteiger partial charge < -0.3 is 0 Å². The van der Waals surface area contributed by atoms with Crippen LogP contribution in [-0.2, 0) is 0 Å². The monoisotopic (exact) mass is 382 g/mol. The molecule has 2 heteroatoms. The first-order chi connectivity index (χ1) is 13.5. The van der Waals surface area contributed by atoms with Crippen LogP contribution in [0.15, 0.2) is 0 Å². The third-order valence-corrected chi connectivity index (χ3v) is 11.0. The quantitative estimate of drug-likeness (QED) is 0.634. The molecule has 1 saturated heterocycles. The molecule has 28 heavy (non-hydrogen) atoms. The van der Waals surface area contributed by atoms with E-state index in [4.69, 9.17) is 0 Å². The van der Waals surface area contributed by atoms with Crippen LogP contribution in [0.4, 0.5) is 0 Å². The van der Waals surface area contributed by atoms with Gasteiger partial charge in [0.1, 0.15) is 0 Å². The summed E-state index contributed by atoms with van der Waals surface area (Å²) in [6, 6.07) is 0.